The summed E-state index contributed by atoms with van der Waals surface area (Å²) in [6.45, 7) is 4.21. The van der Waals surface area contributed by atoms with Gasteiger partial charge in [-0.05, 0) is 67.7 Å². The van der Waals surface area contributed by atoms with E-state index >= 15 is 0 Å². The van der Waals surface area contributed by atoms with E-state index in [1.807, 2.05) is 19.1 Å². The normalized spacial score (nSPS) is 24.5. The number of rotatable bonds is 16. The monoisotopic (exact) mass is 1080 g/mol. The maximum Gasteiger partial charge on any atom is 0.327 e. The Labute approximate surface area is 445 Å². The van der Waals surface area contributed by atoms with Crippen molar-refractivity contribution >= 4 is 88.5 Å². The molecule has 2 aromatic rings. The minimum Gasteiger partial charge on any atom is -0.480 e. The molecule has 0 spiro atoms. The number of primary amides is 1. The summed E-state index contributed by atoms with van der Waals surface area (Å²) in [6, 6.07) is 5.78. The number of carbonyl (C=O) groups excluding carboxylic acids is 8. The molecule has 0 unspecified atom stereocenters. The summed E-state index contributed by atoms with van der Waals surface area (Å²) in [7, 11) is 0. The van der Waals surface area contributed by atoms with Gasteiger partial charge in [-0.1, -0.05) is 68.3 Å². The zero-order valence-electron chi connectivity index (χ0n) is 42.2. The van der Waals surface area contributed by atoms with Crippen LogP contribution in [0.4, 0.5) is 0 Å². The fraction of sp³-hybridized carbons (Fsp3) is 0.588. The topological polar surface area (TPSA) is 313 Å². The van der Waals surface area contributed by atoms with Crippen LogP contribution in [-0.2, 0) is 66.8 Å². The van der Waals surface area contributed by atoms with Crippen LogP contribution in [0, 0.1) is 0 Å². The third-order valence-electron chi connectivity index (χ3n) is 13.0. The van der Waals surface area contributed by atoms with E-state index in [1.54, 1.807) is 42.1 Å². The van der Waals surface area contributed by atoms with Crippen LogP contribution in [0.5, 0.6) is 0 Å². The molecule has 2 bridgehead atoms. The Morgan fingerprint density at radius 2 is 1.42 bits per heavy atom. The lowest BCUT2D eigenvalue weighted by Crippen LogP contribution is -2.61. The zero-order valence-corrected chi connectivity index (χ0v) is 44.7. The van der Waals surface area contributed by atoms with Crippen LogP contribution in [-0.4, -0.2) is 159 Å². The van der Waals surface area contributed by atoms with Crippen molar-refractivity contribution in [2.45, 2.75) is 150 Å². The number of hydrogen-bond donors (Lipinski definition) is 9. The summed E-state index contributed by atoms with van der Waals surface area (Å²) in [5, 5.41) is 34.5. The van der Waals surface area contributed by atoms with Crippen molar-refractivity contribution < 1.29 is 53.4 Å². The number of carbonyl (C=O) groups is 9. The number of nitrogens with zero attached hydrogens (tertiary/aromatic N) is 2. The van der Waals surface area contributed by atoms with Gasteiger partial charge in [0.2, 0.25) is 47.3 Å². The van der Waals surface area contributed by atoms with Gasteiger partial charge in [0.1, 0.15) is 42.3 Å². The molecule has 2 fully saturated rings. The van der Waals surface area contributed by atoms with Crippen LogP contribution < -0.4 is 38.1 Å². The molecule has 74 heavy (non-hydrogen) atoms. The molecule has 2 aromatic carbocycles. The quantitative estimate of drug-likeness (QED) is 0.107. The first-order valence-electron chi connectivity index (χ1n) is 25.4. The number of nitrogens with one attached hydrogen (secondary N) is 5. The molecule has 0 saturated carbocycles. The smallest absolute Gasteiger partial charge is 0.327 e. The number of carboxylic acid groups (broad SMARTS) is 1. The largest absolute Gasteiger partial charge is 0.480 e. The molecule has 5 rings (SSSR count). The zero-order chi connectivity index (χ0) is 53.7. The lowest BCUT2D eigenvalue weighted by molar-refractivity contribution is -0.148. The van der Waals surface area contributed by atoms with Crippen molar-refractivity contribution in [3.05, 3.63) is 70.8 Å². The Balaban J connectivity index is 1.51. The van der Waals surface area contributed by atoms with Crippen molar-refractivity contribution in [2.24, 2.45) is 11.5 Å². The number of fused-ring (bicyclic) bond motifs is 4. The average Bonchev–Trinajstić information content (AvgIpc) is 4.07. The van der Waals surface area contributed by atoms with Crippen molar-refractivity contribution in [1.82, 2.24) is 36.4 Å². The molecule has 406 valence electrons. The number of aliphatic carboxylic acids is 1. The highest BCUT2D eigenvalue weighted by atomic mass is 32.2. The van der Waals surface area contributed by atoms with Gasteiger partial charge in [-0.2, -0.15) is 35.3 Å². The summed E-state index contributed by atoms with van der Waals surface area (Å²) in [5.74, 6) is -4.48. The van der Waals surface area contributed by atoms with E-state index < -0.39 is 95.7 Å². The Bertz CT molecular complexity index is 2280. The minimum atomic E-state index is -1.67. The Morgan fingerprint density at radius 1 is 0.784 bits per heavy atom. The summed E-state index contributed by atoms with van der Waals surface area (Å²) in [6.07, 6.45) is 1.72. The summed E-state index contributed by atoms with van der Waals surface area (Å²) in [4.78, 5) is 127. The average molecular weight is 1080 g/mol. The number of carboxylic acids is 1. The van der Waals surface area contributed by atoms with Crippen LogP contribution in [0.3, 0.4) is 0 Å². The third-order valence-corrected chi connectivity index (χ3v) is 16.2. The molecule has 23 heteroatoms. The van der Waals surface area contributed by atoms with E-state index in [4.69, 9.17) is 11.5 Å². The lowest BCUT2D eigenvalue weighted by atomic mass is 10.0. The van der Waals surface area contributed by atoms with E-state index in [2.05, 4.69) is 32.7 Å². The number of benzene rings is 2. The number of unbranched alkanes of at least 4 members (excludes halogenated alkanes) is 2. The number of amides is 8. The van der Waals surface area contributed by atoms with Gasteiger partial charge in [0.05, 0.1) is 6.10 Å². The first-order valence-corrected chi connectivity index (χ1v) is 28.9. The SMILES string of the molecule is CCCCCC(=O)N[C@H]1CSCc2cc(CSCCN)cc(c2)CSC[C@@H](C(=O)O)NC(=O)[C@H](Cc2ccccc2)NC(=O)[C@H](CCC(N)=O)NC(=O)[C@H]([C@@H](C)O)NC(=O)[C@@H]2CCCN2C(=O)[C@@H]2CCCN2C1=O. The molecule has 0 aromatic heterocycles. The van der Waals surface area contributed by atoms with Crippen LogP contribution in [0.2, 0.25) is 0 Å². The third kappa shape index (κ3) is 18.2. The first-order chi connectivity index (χ1) is 35.5. The van der Waals surface area contributed by atoms with Gasteiger partial charge in [-0.15, -0.1) is 0 Å². The molecule has 8 atom stereocenters. The molecule has 0 radical (unpaired) electrons. The summed E-state index contributed by atoms with van der Waals surface area (Å²) in [5.41, 5.74) is 14.7. The van der Waals surface area contributed by atoms with E-state index in [9.17, 15) is 53.4 Å². The van der Waals surface area contributed by atoms with Gasteiger partial charge in [0, 0.05) is 73.4 Å². The predicted molar refractivity (Wildman–Crippen MR) is 285 cm³/mol. The molecule has 0 aliphatic carbocycles. The number of aliphatic hydroxyl groups is 1. The Hall–Kier alpha value is -5.36. The molecule has 3 aliphatic heterocycles. The molecular weight excluding hydrogens is 1010 g/mol. The number of nitrogens with two attached hydrogens (primary N) is 2. The Morgan fingerprint density at radius 3 is 2.05 bits per heavy atom. The summed E-state index contributed by atoms with van der Waals surface area (Å²) >= 11 is 4.39. The van der Waals surface area contributed by atoms with Gasteiger partial charge < -0.3 is 58.1 Å². The van der Waals surface area contributed by atoms with Gasteiger partial charge >= 0.3 is 5.97 Å². The molecule has 3 aliphatic rings. The highest BCUT2D eigenvalue weighted by molar-refractivity contribution is 7.99. The van der Waals surface area contributed by atoms with Crippen LogP contribution in [0.15, 0.2) is 48.5 Å². The maximum absolute atomic E-state index is 14.6. The van der Waals surface area contributed by atoms with Crippen LogP contribution in [0.25, 0.3) is 0 Å². The second kappa shape index (κ2) is 30.3. The summed E-state index contributed by atoms with van der Waals surface area (Å²) < 4.78 is 0. The van der Waals surface area contributed by atoms with Gasteiger partial charge in [0.25, 0.3) is 0 Å². The van der Waals surface area contributed by atoms with Gasteiger partial charge in [0.15, 0.2) is 0 Å². The molecule has 8 amide bonds. The first kappa shape index (κ1) is 59.5. The van der Waals surface area contributed by atoms with E-state index in [1.165, 1.54) is 40.2 Å². The molecule has 11 N–H and O–H groups in total. The van der Waals surface area contributed by atoms with Crippen molar-refractivity contribution in [1.29, 1.82) is 0 Å². The van der Waals surface area contributed by atoms with Crippen molar-refractivity contribution in [3.63, 3.8) is 0 Å². The molecule has 3 heterocycles. The van der Waals surface area contributed by atoms with Gasteiger partial charge in [-0.3, -0.25) is 38.4 Å². The molecular formula is C51H73N9O11S3. The number of hydrogen-bond acceptors (Lipinski definition) is 14. The minimum absolute atomic E-state index is 0.0621. The lowest BCUT2D eigenvalue weighted by Gasteiger charge is -2.33. The second-order valence-electron chi connectivity index (χ2n) is 18.9. The fourth-order valence-electron chi connectivity index (χ4n) is 9.16. The highest BCUT2D eigenvalue weighted by Crippen LogP contribution is 2.28. The maximum atomic E-state index is 14.6. The van der Waals surface area contributed by atoms with Crippen LogP contribution >= 0.6 is 35.3 Å². The second-order valence-corrected chi connectivity index (χ2v) is 22.1. The highest BCUT2D eigenvalue weighted by Gasteiger charge is 2.44. The van der Waals surface area contributed by atoms with E-state index in [0.29, 0.717) is 55.1 Å². The number of aliphatic hydroxyl groups excluding tert-OH is 1. The van der Waals surface area contributed by atoms with Gasteiger partial charge in [-0.25, -0.2) is 4.79 Å². The van der Waals surface area contributed by atoms with Crippen molar-refractivity contribution in [3.8, 4) is 0 Å². The van der Waals surface area contributed by atoms with Crippen molar-refractivity contribution in [2.75, 3.05) is 36.9 Å². The standard InChI is InChI=1S/C51H73N9O11S3/c1-3-4-6-15-43(63)54-38-29-73-27-34-22-33(26-72-21-18-52)23-35(24-34)28-74-30-39(51(70)71)57-46(65)37(25-32-11-7-5-8-12-32)56-45(64)36(16-17-42(53)62)55-48(67)44(31(2)61)58-47(66)40-13-9-19-59(40)50(69)41-14-10-20-60(41)49(38)68/h5,7-8,11-12,22-24,31,36-41,44,61H,3-4,6,9-10,13-21,25-30,52H2,1-2H3,(H2,53,62)(H,54,63)(H,55,67)(H,56,64)(H,57,65)(H,58,66)(H,70,71)/t31-,36+,37+,38+,39+,40+,41+,44+/m1/s1. The van der Waals surface area contributed by atoms with E-state index in [-0.39, 0.29) is 62.6 Å². The number of thioether (sulfide) groups is 3. The fourth-order valence-corrected chi connectivity index (χ4v) is 11.8. The predicted octanol–water partition coefficient (Wildman–Crippen LogP) is 1.32. The van der Waals surface area contributed by atoms with E-state index in [0.717, 1.165) is 35.3 Å². The van der Waals surface area contributed by atoms with Crippen LogP contribution in [0.1, 0.15) is 100 Å². The Kier molecular flexibility index (Phi) is 24.3. The molecule has 2 saturated heterocycles. The molecule has 20 nitrogen and oxygen atoms in total.